The Morgan fingerprint density at radius 3 is 2.20 bits per heavy atom. The van der Waals surface area contributed by atoms with Crippen LogP contribution in [-0.2, 0) is 35.3 Å². The Kier molecular flexibility index (Phi) is 11.2. The van der Waals surface area contributed by atoms with Gasteiger partial charge in [-0.1, -0.05) is 12.1 Å². The Morgan fingerprint density at radius 1 is 0.957 bits per heavy atom. The maximum absolute atomic E-state index is 12.6. The molecule has 46 heavy (non-hydrogen) atoms. The van der Waals surface area contributed by atoms with Gasteiger partial charge in [0.2, 0.25) is 17.7 Å². The van der Waals surface area contributed by atoms with Crippen LogP contribution in [0.5, 0.6) is 5.75 Å². The summed E-state index contributed by atoms with van der Waals surface area (Å²) < 4.78 is 10.0. The summed E-state index contributed by atoms with van der Waals surface area (Å²) >= 11 is 0. The van der Waals surface area contributed by atoms with Crippen molar-refractivity contribution < 1.29 is 43.2 Å². The highest BCUT2D eigenvalue weighted by Gasteiger charge is 2.31. The molecule has 1 fully saturated rings. The molecule has 0 spiro atoms. The largest absolute Gasteiger partial charge is 0.514 e. The van der Waals surface area contributed by atoms with Gasteiger partial charge in [0.15, 0.2) is 0 Å². The van der Waals surface area contributed by atoms with E-state index in [0.717, 1.165) is 0 Å². The minimum Gasteiger partial charge on any atom is -0.429 e. The van der Waals surface area contributed by atoms with Crippen LogP contribution in [0.3, 0.4) is 0 Å². The van der Waals surface area contributed by atoms with E-state index in [9.17, 15) is 38.9 Å². The highest BCUT2D eigenvalue weighted by molar-refractivity contribution is 6.12. The first-order valence-electron chi connectivity index (χ1n) is 14.6. The fourth-order valence-electron chi connectivity index (χ4n) is 4.98. The van der Waals surface area contributed by atoms with Gasteiger partial charge in [-0.2, -0.15) is 0 Å². The Morgan fingerprint density at radius 2 is 1.59 bits per heavy atom. The number of non-ortho nitro benzene ring substituents is 1. The summed E-state index contributed by atoms with van der Waals surface area (Å²) in [5.74, 6) is -1.97. The van der Waals surface area contributed by atoms with E-state index in [-0.39, 0.29) is 54.1 Å². The van der Waals surface area contributed by atoms with E-state index in [2.05, 4.69) is 16.0 Å². The first-order valence-corrected chi connectivity index (χ1v) is 14.6. The highest BCUT2D eigenvalue weighted by atomic mass is 16.7. The van der Waals surface area contributed by atoms with Gasteiger partial charge in [-0.15, -0.1) is 0 Å². The Bertz CT molecular complexity index is 1500. The van der Waals surface area contributed by atoms with Crippen LogP contribution >= 0.6 is 0 Å². The van der Waals surface area contributed by atoms with Crippen molar-refractivity contribution in [3.8, 4) is 5.75 Å². The predicted molar refractivity (Wildman–Crippen MR) is 161 cm³/mol. The number of carbonyl (C=O) groups excluding carboxylic acids is 6. The van der Waals surface area contributed by atoms with Crippen LogP contribution in [0.2, 0.25) is 0 Å². The fourth-order valence-corrected chi connectivity index (χ4v) is 4.98. The second kappa shape index (κ2) is 15.4. The van der Waals surface area contributed by atoms with Crippen molar-refractivity contribution in [2.45, 2.75) is 45.3 Å². The summed E-state index contributed by atoms with van der Waals surface area (Å²) in [7, 11) is 0. The number of nitro benzene ring substituents is 1. The fraction of sp³-hybridized carbons (Fsp3) is 0.355. The lowest BCUT2D eigenvalue weighted by Gasteiger charge is -2.30. The van der Waals surface area contributed by atoms with E-state index in [1.54, 1.807) is 24.3 Å². The van der Waals surface area contributed by atoms with Crippen LogP contribution in [0.25, 0.3) is 0 Å². The molecule has 0 radical (unpaired) electrons. The zero-order chi connectivity index (χ0) is 33.2. The first kappa shape index (κ1) is 33.3. The molecule has 1 aliphatic heterocycles. The first-order chi connectivity index (χ1) is 22.0. The van der Waals surface area contributed by atoms with Gasteiger partial charge in [0.05, 0.1) is 11.5 Å². The van der Waals surface area contributed by atoms with Gasteiger partial charge in [0, 0.05) is 42.4 Å². The van der Waals surface area contributed by atoms with Gasteiger partial charge in [0.1, 0.15) is 18.4 Å². The van der Waals surface area contributed by atoms with Crippen LogP contribution in [-0.4, -0.2) is 64.6 Å². The Balaban J connectivity index is 1.11. The van der Waals surface area contributed by atoms with Crippen LogP contribution in [0.15, 0.2) is 60.7 Å². The lowest BCUT2D eigenvalue weighted by Crippen LogP contribution is -2.47. The molecular formula is C31H33N5O10. The smallest absolute Gasteiger partial charge is 0.429 e. The predicted octanol–water partition coefficient (Wildman–Crippen LogP) is 2.60. The van der Waals surface area contributed by atoms with Crippen molar-refractivity contribution in [3.05, 3.63) is 76.4 Å². The third-order valence-corrected chi connectivity index (χ3v) is 7.58. The summed E-state index contributed by atoms with van der Waals surface area (Å²) in [5, 5.41) is 18.5. The molecule has 4 rings (SSSR count). The highest BCUT2D eigenvalue weighted by Crippen LogP contribution is 2.30. The van der Waals surface area contributed by atoms with E-state index in [1.165, 1.54) is 48.2 Å². The number of hydrogen-bond acceptors (Lipinski definition) is 10. The van der Waals surface area contributed by atoms with Gasteiger partial charge in [-0.25, -0.2) is 4.79 Å². The molecule has 15 nitrogen and oxygen atoms in total. The van der Waals surface area contributed by atoms with Crippen molar-refractivity contribution in [3.63, 3.8) is 0 Å². The van der Waals surface area contributed by atoms with Crippen molar-refractivity contribution in [1.29, 1.82) is 0 Å². The number of rotatable bonds is 12. The lowest BCUT2D eigenvalue weighted by molar-refractivity contribution is -0.384. The molecule has 0 aromatic heterocycles. The van der Waals surface area contributed by atoms with Gasteiger partial charge in [0.25, 0.3) is 17.5 Å². The maximum Gasteiger partial charge on any atom is 0.514 e. The quantitative estimate of drug-likeness (QED) is 0.102. The normalized spacial score (nSPS) is 18.0. The maximum atomic E-state index is 12.6. The second-order valence-corrected chi connectivity index (χ2v) is 10.9. The molecule has 2 aromatic carbocycles. The topological polar surface area (TPSA) is 203 Å². The van der Waals surface area contributed by atoms with E-state index in [0.29, 0.717) is 43.5 Å². The van der Waals surface area contributed by atoms with E-state index < -0.39 is 28.9 Å². The van der Waals surface area contributed by atoms with Crippen LogP contribution in [0.1, 0.15) is 38.2 Å². The number of carbonyl (C=O) groups is 6. The second-order valence-electron chi connectivity index (χ2n) is 10.9. The molecule has 2 aromatic rings. The molecule has 0 saturated heterocycles. The van der Waals surface area contributed by atoms with E-state index in [4.69, 9.17) is 9.47 Å². The number of nitrogens with zero attached hydrogens (tertiary/aromatic N) is 2. The SMILES string of the molecule is C[C@H](NC(=O)CNC(=O)C1CCC(CN2C(=O)C=CC2=O)CC1)C(=O)Nc1ccc(COC(=O)Oc2ccc([N+](=O)[O-])cc2)cc1. The monoisotopic (exact) mass is 635 g/mol. The summed E-state index contributed by atoms with van der Waals surface area (Å²) in [5.41, 5.74) is 0.882. The van der Waals surface area contributed by atoms with Crippen LogP contribution in [0.4, 0.5) is 16.2 Å². The number of anilines is 1. The zero-order valence-corrected chi connectivity index (χ0v) is 24.9. The van der Waals surface area contributed by atoms with Crippen LogP contribution in [0, 0.1) is 22.0 Å². The number of nitrogens with one attached hydrogen (secondary N) is 3. The molecule has 242 valence electrons. The third kappa shape index (κ3) is 9.45. The van der Waals surface area contributed by atoms with Crippen molar-refractivity contribution in [1.82, 2.24) is 15.5 Å². The van der Waals surface area contributed by atoms with Crippen molar-refractivity contribution in [2.75, 3.05) is 18.4 Å². The molecule has 1 saturated carbocycles. The van der Waals surface area contributed by atoms with Gasteiger partial charge >= 0.3 is 6.16 Å². The number of hydrogen-bond donors (Lipinski definition) is 3. The molecule has 15 heteroatoms. The molecule has 1 aliphatic carbocycles. The summed E-state index contributed by atoms with van der Waals surface area (Å²) in [6.45, 7) is 1.42. The zero-order valence-electron chi connectivity index (χ0n) is 24.9. The Labute approximate surface area is 263 Å². The molecule has 0 bridgehead atoms. The number of ether oxygens (including phenoxy) is 2. The molecule has 1 atom stereocenters. The number of amides is 5. The number of imide groups is 1. The summed E-state index contributed by atoms with van der Waals surface area (Å²) in [6.07, 6.45) is 4.04. The minimum atomic E-state index is -0.997. The molecule has 5 amide bonds. The van der Waals surface area contributed by atoms with E-state index >= 15 is 0 Å². The number of nitro groups is 1. The lowest BCUT2D eigenvalue weighted by atomic mass is 9.81. The molecule has 3 N–H and O–H groups in total. The molecule has 1 heterocycles. The summed E-state index contributed by atoms with van der Waals surface area (Å²) in [4.78, 5) is 84.3. The van der Waals surface area contributed by atoms with Gasteiger partial charge in [-0.3, -0.25) is 39.0 Å². The Hall–Kier alpha value is -5.60. The summed E-state index contributed by atoms with van der Waals surface area (Å²) in [6, 6.07) is 10.4. The van der Waals surface area contributed by atoms with Crippen molar-refractivity contribution in [2.24, 2.45) is 11.8 Å². The van der Waals surface area contributed by atoms with Crippen molar-refractivity contribution >= 4 is 47.1 Å². The molecule has 2 aliphatic rings. The van der Waals surface area contributed by atoms with Gasteiger partial charge in [-0.05, 0) is 68.4 Å². The molecular weight excluding hydrogens is 602 g/mol. The minimum absolute atomic E-state index is 0.0852. The molecule has 0 unspecified atom stereocenters. The number of benzene rings is 2. The van der Waals surface area contributed by atoms with Crippen LogP contribution < -0.4 is 20.7 Å². The average molecular weight is 636 g/mol. The third-order valence-electron chi connectivity index (χ3n) is 7.58. The standard InChI is InChI=1S/C31H33N5O10/c1-19(33-26(37)16-32-30(41)22-6-2-20(3-7-22)17-35-27(38)14-15-28(35)39)29(40)34-23-8-4-21(5-9-23)18-45-31(42)46-25-12-10-24(11-13-25)36(43)44/h4-5,8-15,19-20,22H,2-3,6-7,16-18H2,1H3,(H,32,41)(H,33,37)(H,34,40)/t19-,20?,22?/m0/s1. The average Bonchev–Trinajstić information content (AvgIpc) is 3.36. The van der Waals surface area contributed by atoms with Gasteiger partial charge < -0.3 is 25.4 Å². The van der Waals surface area contributed by atoms with E-state index in [1.807, 2.05) is 0 Å².